The van der Waals surface area contributed by atoms with Crippen molar-refractivity contribution >= 4 is 11.9 Å². The summed E-state index contributed by atoms with van der Waals surface area (Å²) in [5, 5.41) is 21.7. The first-order valence-electron chi connectivity index (χ1n) is 7.66. The van der Waals surface area contributed by atoms with Gasteiger partial charge in [0.05, 0.1) is 17.9 Å². The van der Waals surface area contributed by atoms with Gasteiger partial charge in [-0.2, -0.15) is 0 Å². The summed E-state index contributed by atoms with van der Waals surface area (Å²) in [6.45, 7) is 2.56. The van der Waals surface area contributed by atoms with Crippen LogP contribution in [0.2, 0.25) is 0 Å². The monoisotopic (exact) mass is 283 g/mol. The zero-order valence-electron chi connectivity index (χ0n) is 12.0. The summed E-state index contributed by atoms with van der Waals surface area (Å²) >= 11 is 0. The Morgan fingerprint density at radius 3 is 2.50 bits per heavy atom. The van der Waals surface area contributed by atoms with Crippen LogP contribution in [0, 0.1) is 23.7 Å². The Balaban J connectivity index is 1.83. The van der Waals surface area contributed by atoms with Crippen LogP contribution in [0.4, 0.5) is 0 Å². The normalized spacial score (nSPS) is 37.6. The minimum absolute atomic E-state index is 0.123. The summed E-state index contributed by atoms with van der Waals surface area (Å²) in [4.78, 5) is 23.4. The van der Waals surface area contributed by atoms with E-state index in [0.29, 0.717) is 31.2 Å². The summed E-state index contributed by atoms with van der Waals surface area (Å²) < 4.78 is 0. The molecular formula is C15H25NO4. The molecule has 0 saturated heterocycles. The van der Waals surface area contributed by atoms with Gasteiger partial charge in [0.15, 0.2) is 0 Å². The number of carboxylic acids is 1. The molecule has 0 aromatic rings. The van der Waals surface area contributed by atoms with E-state index in [1.165, 1.54) is 0 Å². The van der Waals surface area contributed by atoms with Gasteiger partial charge in [-0.05, 0) is 43.9 Å². The molecule has 5 heteroatoms. The number of carbonyl (C=O) groups is 2. The molecule has 3 N–H and O–H groups in total. The molecule has 2 aliphatic carbocycles. The molecule has 2 saturated carbocycles. The highest BCUT2D eigenvalue weighted by molar-refractivity contribution is 5.85. The van der Waals surface area contributed by atoms with Crippen LogP contribution in [-0.2, 0) is 9.59 Å². The van der Waals surface area contributed by atoms with Gasteiger partial charge >= 0.3 is 5.97 Å². The minimum atomic E-state index is -0.859. The summed E-state index contributed by atoms with van der Waals surface area (Å²) in [6.07, 6.45) is 4.63. The van der Waals surface area contributed by atoms with Crippen molar-refractivity contribution in [1.82, 2.24) is 5.32 Å². The van der Waals surface area contributed by atoms with Crippen molar-refractivity contribution in [1.29, 1.82) is 0 Å². The van der Waals surface area contributed by atoms with Crippen molar-refractivity contribution in [3.05, 3.63) is 0 Å². The second-order valence-electron chi connectivity index (χ2n) is 6.56. The number of carbonyl (C=O) groups excluding carboxylic acids is 1. The summed E-state index contributed by atoms with van der Waals surface area (Å²) in [7, 11) is 0. The van der Waals surface area contributed by atoms with Gasteiger partial charge in [0.2, 0.25) is 5.91 Å². The van der Waals surface area contributed by atoms with Gasteiger partial charge in [-0.15, -0.1) is 0 Å². The lowest BCUT2D eigenvalue weighted by Gasteiger charge is -2.26. The molecule has 5 nitrogen and oxygen atoms in total. The molecule has 1 amide bonds. The second-order valence-corrected chi connectivity index (χ2v) is 6.56. The number of rotatable bonds is 4. The highest BCUT2D eigenvalue weighted by atomic mass is 16.4. The van der Waals surface area contributed by atoms with E-state index in [9.17, 15) is 19.8 Å². The van der Waals surface area contributed by atoms with E-state index in [0.717, 1.165) is 25.7 Å². The molecule has 5 unspecified atom stereocenters. The Labute approximate surface area is 119 Å². The standard InChI is InChI=1S/C15H25NO4/c1-9-5-12(13(6-9)15(19)20)14(18)16-8-10-3-2-4-11(17)7-10/h9-13,17H,2-8H2,1H3,(H,16,18)(H,19,20). The number of carboxylic acid groups (broad SMARTS) is 1. The van der Waals surface area contributed by atoms with Crippen LogP contribution < -0.4 is 5.32 Å². The van der Waals surface area contributed by atoms with Crippen molar-refractivity contribution in [3.8, 4) is 0 Å². The average Bonchev–Trinajstić information content (AvgIpc) is 2.78. The van der Waals surface area contributed by atoms with Crippen molar-refractivity contribution in [2.24, 2.45) is 23.7 Å². The molecule has 5 atom stereocenters. The van der Waals surface area contributed by atoms with Gasteiger partial charge in [0.25, 0.3) is 0 Å². The molecule has 0 aliphatic heterocycles. The fraction of sp³-hybridized carbons (Fsp3) is 0.867. The number of aliphatic hydroxyl groups is 1. The third-order valence-electron chi connectivity index (χ3n) is 4.77. The summed E-state index contributed by atoms with van der Waals surface area (Å²) in [5.41, 5.74) is 0. The summed E-state index contributed by atoms with van der Waals surface area (Å²) in [6, 6.07) is 0. The summed E-state index contributed by atoms with van der Waals surface area (Å²) in [5.74, 6) is -1.30. The first-order chi connectivity index (χ1) is 9.47. The number of aliphatic hydroxyl groups excluding tert-OH is 1. The maximum atomic E-state index is 12.2. The van der Waals surface area contributed by atoms with E-state index < -0.39 is 17.8 Å². The van der Waals surface area contributed by atoms with E-state index in [1.807, 2.05) is 6.92 Å². The molecule has 0 bridgehead atoms. The van der Waals surface area contributed by atoms with Gasteiger partial charge in [0.1, 0.15) is 0 Å². The van der Waals surface area contributed by atoms with Gasteiger partial charge in [-0.1, -0.05) is 13.3 Å². The Morgan fingerprint density at radius 1 is 1.15 bits per heavy atom. The predicted octanol–water partition coefficient (Wildman–Crippen LogP) is 1.40. The Kier molecular flexibility index (Phi) is 5.02. The highest BCUT2D eigenvalue weighted by Crippen LogP contribution is 2.36. The van der Waals surface area contributed by atoms with E-state index in [2.05, 4.69) is 5.32 Å². The Bertz CT molecular complexity index is 371. The molecule has 0 radical (unpaired) electrons. The van der Waals surface area contributed by atoms with E-state index in [4.69, 9.17) is 0 Å². The van der Waals surface area contributed by atoms with Crippen LogP contribution in [-0.4, -0.2) is 34.7 Å². The average molecular weight is 283 g/mol. The first-order valence-corrected chi connectivity index (χ1v) is 7.66. The predicted molar refractivity (Wildman–Crippen MR) is 74.0 cm³/mol. The fourth-order valence-electron chi connectivity index (χ4n) is 3.68. The molecule has 0 aromatic carbocycles. The van der Waals surface area contributed by atoms with E-state index in [1.54, 1.807) is 0 Å². The van der Waals surface area contributed by atoms with Crippen molar-refractivity contribution in [2.45, 2.75) is 51.6 Å². The van der Waals surface area contributed by atoms with Crippen LogP contribution in [0.3, 0.4) is 0 Å². The van der Waals surface area contributed by atoms with Crippen molar-refractivity contribution < 1.29 is 19.8 Å². The molecule has 2 fully saturated rings. The molecule has 0 spiro atoms. The molecule has 0 heterocycles. The molecular weight excluding hydrogens is 258 g/mol. The lowest BCUT2D eigenvalue weighted by Crippen LogP contribution is -2.39. The topological polar surface area (TPSA) is 86.6 Å². The molecule has 2 rings (SSSR count). The maximum absolute atomic E-state index is 12.2. The number of hydrogen-bond acceptors (Lipinski definition) is 3. The van der Waals surface area contributed by atoms with Crippen molar-refractivity contribution in [3.63, 3.8) is 0 Å². The third-order valence-corrected chi connectivity index (χ3v) is 4.77. The molecule has 2 aliphatic rings. The zero-order valence-corrected chi connectivity index (χ0v) is 12.0. The van der Waals surface area contributed by atoms with Crippen LogP contribution in [0.5, 0.6) is 0 Å². The smallest absolute Gasteiger partial charge is 0.307 e. The second kappa shape index (κ2) is 6.57. The van der Waals surface area contributed by atoms with Gasteiger partial charge in [-0.3, -0.25) is 9.59 Å². The van der Waals surface area contributed by atoms with Crippen LogP contribution in [0.15, 0.2) is 0 Å². The van der Waals surface area contributed by atoms with Gasteiger partial charge < -0.3 is 15.5 Å². The zero-order chi connectivity index (χ0) is 14.7. The Hall–Kier alpha value is -1.10. The first kappa shape index (κ1) is 15.3. The SMILES string of the molecule is CC1CC(C(=O)O)C(C(=O)NCC2CCCC(O)C2)C1. The number of aliphatic carboxylic acids is 1. The van der Waals surface area contributed by atoms with Crippen LogP contribution >= 0.6 is 0 Å². The fourth-order valence-corrected chi connectivity index (χ4v) is 3.68. The van der Waals surface area contributed by atoms with Crippen LogP contribution in [0.25, 0.3) is 0 Å². The van der Waals surface area contributed by atoms with Crippen molar-refractivity contribution in [2.75, 3.05) is 6.54 Å². The molecule has 20 heavy (non-hydrogen) atoms. The quantitative estimate of drug-likeness (QED) is 0.728. The largest absolute Gasteiger partial charge is 0.481 e. The maximum Gasteiger partial charge on any atom is 0.307 e. The van der Waals surface area contributed by atoms with Gasteiger partial charge in [-0.25, -0.2) is 0 Å². The number of nitrogens with one attached hydrogen (secondary N) is 1. The minimum Gasteiger partial charge on any atom is -0.481 e. The lowest BCUT2D eigenvalue weighted by molar-refractivity contribution is -0.146. The van der Waals surface area contributed by atoms with E-state index >= 15 is 0 Å². The van der Waals surface area contributed by atoms with E-state index in [-0.39, 0.29) is 12.0 Å². The molecule has 114 valence electrons. The number of hydrogen-bond donors (Lipinski definition) is 3. The van der Waals surface area contributed by atoms with Crippen LogP contribution in [0.1, 0.15) is 45.4 Å². The Morgan fingerprint density at radius 2 is 1.85 bits per heavy atom. The highest BCUT2D eigenvalue weighted by Gasteiger charge is 2.41. The molecule has 0 aromatic heterocycles. The third kappa shape index (κ3) is 3.72. The lowest BCUT2D eigenvalue weighted by atomic mass is 9.87. The van der Waals surface area contributed by atoms with Gasteiger partial charge in [0, 0.05) is 6.54 Å². The number of amides is 1.